The van der Waals surface area contributed by atoms with E-state index in [1.165, 1.54) is 0 Å². The Hall–Kier alpha value is -1.29. The molecule has 4 heteroatoms. The highest BCUT2D eigenvalue weighted by atomic mass is 32.2. The van der Waals surface area contributed by atoms with E-state index < -0.39 is 21.5 Å². The molecular formula is C15H16O3S. The first-order chi connectivity index (χ1) is 9.15. The van der Waals surface area contributed by atoms with Crippen molar-refractivity contribution >= 4 is 22.4 Å². The number of carbonyl (C=O) groups is 2. The van der Waals surface area contributed by atoms with Crippen LogP contribution in [0.4, 0.5) is 0 Å². The summed E-state index contributed by atoms with van der Waals surface area (Å²) in [5.74, 6) is 0.00208. The minimum Gasteiger partial charge on any atom is -0.299 e. The maximum absolute atomic E-state index is 12.5. The summed E-state index contributed by atoms with van der Waals surface area (Å²) >= 11 is 0. The number of hydrogen-bond donors (Lipinski definition) is 0. The summed E-state index contributed by atoms with van der Waals surface area (Å²) in [6.45, 7) is 0. The van der Waals surface area contributed by atoms with E-state index in [4.69, 9.17) is 0 Å². The fourth-order valence-corrected chi connectivity index (χ4v) is 4.82. The third-order valence-corrected chi connectivity index (χ3v) is 6.08. The van der Waals surface area contributed by atoms with E-state index in [0.717, 1.165) is 6.42 Å². The van der Waals surface area contributed by atoms with Crippen molar-refractivity contribution in [1.29, 1.82) is 0 Å². The molecule has 0 bridgehead atoms. The first kappa shape index (κ1) is 12.7. The molecule has 1 spiro atoms. The van der Waals surface area contributed by atoms with E-state index in [2.05, 4.69) is 0 Å². The Morgan fingerprint density at radius 2 is 1.84 bits per heavy atom. The summed E-state index contributed by atoms with van der Waals surface area (Å²) in [5, 5.41) is -0.496. The van der Waals surface area contributed by atoms with E-state index in [0.29, 0.717) is 30.6 Å². The zero-order valence-corrected chi connectivity index (χ0v) is 11.4. The number of ketones is 2. The van der Waals surface area contributed by atoms with Crippen LogP contribution in [0, 0.1) is 5.41 Å². The number of Topliss-reactive ketones (excluding diaryl/α,β-unsaturated/α-hetero) is 2. The van der Waals surface area contributed by atoms with Gasteiger partial charge in [-0.3, -0.25) is 13.8 Å². The Labute approximate surface area is 114 Å². The molecule has 1 aromatic carbocycles. The van der Waals surface area contributed by atoms with Gasteiger partial charge in [0.1, 0.15) is 5.78 Å². The number of benzene rings is 1. The fourth-order valence-electron chi connectivity index (χ4n) is 3.32. The summed E-state index contributed by atoms with van der Waals surface area (Å²) in [7, 11) is -1.33. The van der Waals surface area contributed by atoms with E-state index in [-0.39, 0.29) is 11.6 Å². The van der Waals surface area contributed by atoms with Gasteiger partial charge in [-0.1, -0.05) is 18.2 Å². The molecule has 3 rings (SSSR count). The zero-order valence-electron chi connectivity index (χ0n) is 10.6. The minimum atomic E-state index is -1.33. The summed E-state index contributed by atoms with van der Waals surface area (Å²) in [4.78, 5) is 25.2. The Balaban J connectivity index is 1.87. The van der Waals surface area contributed by atoms with Gasteiger partial charge in [0, 0.05) is 11.3 Å². The van der Waals surface area contributed by atoms with Crippen molar-refractivity contribution in [1.82, 2.24) is 0 Å². The van der Waals surface area contributed by atoms with Gasteiger partial charge in [-0.2, -0.15) is 0 Å². The molecule has 0 aromatic heterocycles. The fraction of sp³-hybridized carbons (Fsp3) is 0.467. The molecular weight excluding hydrogens is 260 g/mol. The average molecular weight is 276 g/mol. The van der Waals surface area contributed by atoms with Gasteiger partial charge in [-0.15, -0.1) is 0 Å². The lowest BCUT2D eigenvalue weighted by molar-refractivity contribution is -0.135. The maximum atomic E-state index is 12.5. The molecule has 2 fully saturated rings. The summed E-state index contributed by atoms with van der Waals surface area (Å²) in [6.07, 6.45) is 3.14. The predicted molar refractivity (Wildman–Crippen MR) is 72.2 cm³/mol. The predicted octanol–water partition coefficient (Wildman–Crippen LogP) is 2.27. The highest BCUT2D eigenvalue weighted by Crippen LogP contribution is 2.47. The molecule has 3 atom stereocenters. The molecule has 0 heterocycles. The molecule has 19 heavy (non-hydrogen) atoms. The zero-order chi connectivity index (χ0) is 13.5. The molecule has 0 aliphatic heterocycles. The molecule has 0 N–H and O–H groups in total. The quantitative estimate of drug-likeness (QED) is 0.779. The van der Waals surface area contributed by atoms with E-state index in [9.17, 15) is 13.8 Å². The maximum Gasteiger partial charge on any atom is 0.162 e. The molecule has 2 saturated carbocycles. The lowest BCUT2D eigenvalue weighted by Crippen LogP contribution is -2.36. The molecule has 2 unspecified atom stereocenters. The first-order valence-electron chi connectivity index (χ1n) is 6.68. The molecule has 0 amide bonds. The van der Waals surface area contributed by atoms with E-state index >= 15 is 0 Å². The van der Waals surface area contributed by atoms with Crippen LogP contribution >= 0.6 is 0 Å². The largest absolute Gasteiger partial charge is 0.299 e. The van der Waals surface area contributed by atoms with Gasteiger partial charge >= 0.3 is 0 Å². The van der Waals surface area contributed by atoms with Gasteiger partial charge in [0.05, 0.1) is 21.5 Å². The molecule has 1 aromatic rings. The highest BCUT2D eigenvalue weighted by molar-refractivity contribution is 7.86. The standard InChI is InChI=1S/C15H16O3S/c16-13-7-4-9-15(13)10-8-12(14(15)17)19(18)11-5-2-1-3-6-11/h1-3,5-6,12H,4,7-10H2/t12?,15-,19?/m1/s1. The second kappa shape index (κ2) is 4.67. The minimum absolute atomic E-state index is 0.0720. The van der Waals surface area contributed by atoms with Crippen LogP contribution in [-0.4, -0.2) is 21.0 Å². The van der Waals surface area contributed by atoms with Gasteiger partial charge in [0.25, 0.3) is 0 Å². The van der Waals surface area contributed by atoms with Crippen molar-refractivity contribution < 1.29 is 13.8 Å². The van der Waals surface area contributed by atoms with Gasteiger partial charge in [0.2, 0.25) is 0 Å². The number of carbonyl (C=O) groups excluding carboxylic acids is 2. The summed E-state index contributed by atoms with van der Waals surface area (Å²) < 4.78 is 12.5. The van der Waals surface area contributed by atoms with Gasteiger partial charge in [-0.25, -0.2) is 0 Å². The van der Waals surface area contributed by atoms with E-state index in [1.54, 1.807) is 12.1 Å². The second-order valence-electron chi connectivity index (χ2n) is 5.36. The van der Waals surface area contributed by atoms with Crippen LogP contribution in [0.5, 0.6) is 0 Å². The van der Waals surface area contributed by atoms with Crippen LogP contribution in [0.2, 0.25) is 0 Å². The molecule has 3 nitrogen and oxygen atoms in total. The van der Waals surface area contributed by atoms with Gasteiger partial charge in [0.15, 0.2) is 5.78 Å². The molecule has 2 aliphatic rings. The third kappa shape index (κ3) is 1.89. The smallest absolute Gasteiger partial charge is 0.162 e. The van der Waals surface area contributed by atoms with Crippen molar-refractivity contribution in [2.75, 3.05) is 0 Å². The van der Waals surface area contributed by atoms with Crippen LogP contribution in [0.1, 0.15) is 32.1 Å². The lowest BCUT2D eigenvalue weighted by atomic mass is 9.83. The number of hydrogen-bond acceptors (Lipinski definition) is 3. The summed E-state index contributed by atoms with van der Waals surface area (Å²) in [6, 6.07) is 9.07. The van der Waals surface area contributed by atoms with Crippen molar-refractivity contribution in [3.8, 4) is 0 Å². The van der Waals surface area contributed by atoms with Crippen LogP contribution in [-0.2, 0) is 20.4 Å². The van der Waals surface area contributed by atoms with Crippen LogP contribution in [0.25, 0.3) is 0 Å². The lowest BCUT2D eigenvalue weighted by Gasteiger charge is -2.19. The summed E-state index contributed by atoms with van der Waals surface area (Å²) in [5.41, 5.74) is -0.783. The Kier molecular flexibility index (Phi) is 3.13. The van der Waals surface area contributed by atoms with Gasteiger partial charge < -0.3 is 0 Å². The average Bonchev–Trinajstić information content (AvgIpc) is 2.97. The molecule has 100 valence electrons. The molecule has 0 saturated heterocycles. The first-order valence-corrected chi connectivity index (χ1v) is 7.90. The molecule has 2 aliphatic carbocycles. The van der Waals surface area contributed by atoms with Crippen LogP contribution in [0.15, 0.2) is 35.2 Å². The van der Waals surface area contributed by atoms with Crippen LogP contribution in [0.3, 0.4) is 0 Å². The monoisotopic (exact) mass is 276 g/mol. The van der Waals surface area contributed by atoms with Gasteiger partial charge in [-0.05, 0) is 37.8 Å². The van der Waals surface area contributed by atoms with Crippen LogP contribution < -0.4 is 0 Å². The highest BCUT2D eigenvalue weighted by Gasteiger charge is 2.55. The van der Waals surface area contributed by atoms with Crippen molar-refractivity contribution in [3.05, 3.63) is 30.3 Å². The Morgan fingerprint density at radius 3 is 2.47 bits per heavy atom. The molecule has 0 radical (unpaired) electrons. The normalized spacial score (nSPS) is 32.1. The SMILES string of the molecule is O=C1CCC[C@@]12CCC(S(=O)c1ccccc1)C2=O. The van der Waals surface area contributed by atoms with Crippen molar-refractivity contribution in [3.63, 3.8) is 0 Å². The third-order valence-electron chi connectivity index (χ3n) is 4.37. The Morgan fingerprint density at radius 1 is 1.11 bits per heavy atom. The Bertz CT molecular complexity index is 552. The van der Waals surface area contributed by atoms with E-state index in [1.807, 2.05) is 18.2 Å². The second-order valence-corrected chi connectivity index (χ2v) is 7.00. The number of rotatable bonds is 2. The van der Waals surface area contributed by atoms with Crippen molar-refractivity contribution in [2.24, 2.45) is 5.41 Å². The topological polar surface area (TPSA) is 51.2 Å². The van der Waals surface area contributed by atoms with Crippen molar-refractivity contribution in [2.45, 2.75) is 42.2 Å².